The number of rotatable bonds is 5. The predicted octanol–water partition coefficient (Wildman–Crippen LogP) is 11.2. The molecule has 0 saturated heterocycles. The van der Waals surface area contributed by atoms with Crippen LogP contribution in [0.5, 0.6) is 0 Å². The van der Waals surface area contributed by atoms with Crippen LogP contribution in [0, 0.1) is 0 Å². The summed E-state index contributed by atoms with van der Waals surface area (Å²) < 4.78 is 83.9. The van der Waals surface area contributed by atoms with E-state index in [9.17, 15) is 0 Å². The van der Waals surface area contributed by atoms with Crippen LogP contribution in [-0.4, -0.2) is 6.71 Å². The van der Waals surface area contributed by atoms with Crippen molar-refractivity contribution in [3.8, 4) is 22.3 Å². The molecule has 1 aliphatic carbocycles. The quantitative estimate of drug-likeness (QED) is 0.169. The van der Waals surface area contributed by atoms with Gasteiger partial charge in [-0.05, 0) is 111 Å². The molecule has 2 nitrogen and oxygen atoms in total. The van der Waals surface area contributed by atoms with Crippen molar-refractivity contribution in [3.05, 3.63) is 175 Å². The Morgan fingerprint density at radius 3 is 1.39 bits per heavy atom. The van der Waals surface area contributed by atoms with Crippen LogP contribution in [0.4, 0.5) is 34.1 Å². The topological polar surface area (TPSA) is 6.48 Å². The molecule has 3 aliphatic rings. The van der Waals surface area contributed by atoms with Gasteiger partial charge in [-0.25, -0.2) is 0 Å². The lowest BCUT2D eigenvalue weighted by Gasteiger charge is -2.45. The Morgan fingerprint density at radius 1 is 0.471 bits per heavy atom. The Balaban J connectivity index is 1.18. The zero-order chi connectivity index (χ0) is 42.4. The average molecular weight is 665 g/mol. The van der Waals surface area contributed by atoms with Crippen molar-refractivity contribution in [2.45, 2.75) is 38.0 Å². The molecule has 244 valence electrons. The summed E-state index contributed by atoms with van der Waals surface area (Å²) in [6.07, 6.45) is 5.73. The Labute approximate surface area is 315 Å². The molecule has 0 unspecified atom stereocenters. The van der Waals surface area contributed by atoms with Gasteiger partial charge in [0.15, 0.2) is 0 Å². The van der Waals surface area contributed by atoms with E-state index in [-0.39, 0.29) is 66.2 Å². The first-order valence-electron chi connectivity index (χ1n) is 22.8. The van der Waals surface area contributed by atoms with Gasteiger partial charge >= 0.3 is 0 Å². The van der Waals surface area contributed by atoms with Crippen LogP contribution in [0.1, 0.15) is 57.3 Å². The molecule has 7 aromatic carbocycles. The van der Waals surface area contributed by atoms with E-state index >= 15 is 0 Å². The van der Waals surface area contributed by atoms with E-state index in [1.54, 1.807) is 0 Å². The van der Waals surface area contributed by atoms with E-state index in [4.69, 9.17) is 13.7 Å². The standard InChI is InChI=1S/C48H39BN2/c1-4-14-34(15-5-1)37-24-28-40(29-25-37)50-44-22-12-10-20-42(44)49-43-21-11-13-23-45(43)51(41-30-26-38(27-31-41)35-16-6-2-7-17-35)47-33-39(32-46(50)48(47)49)36-18-8-3-9-19-36/h1-2,4-7,10-17,20-33,36H,3,8-9,18-19H2/i1D,2D,4D,5D,6D,7D,14D,15D,16D,17D. The second kappa shape index (κ2) is 12.5. The number of fused-ring (bicyclic) bond motifs is 4. The van der Waals surface area contributed by atoms with Gasteiger partial charge in [-0.15, -0.1) is 0 Å². The van der Waals surface area contributed by atoms with Crippen molar-refractivity contribution < 1.29 is 13.7 Å². The van der Waals surface area contributed by atoms with Crippen molar-refractivity contribution >= 4 is 57.2 Å². The fraction of sp³-hybridized carbons (Fsp3) is 0.125. The molecule has 0 spiro atoms. The van der Waals surface area contributed by atoms with Crippen molar-refractivity contribution in [1.29, 1.82) is 0 Å². The van der Waals surface area contributed by atoms with Crippen LogP contribution in [-0.2, 0) is 0 Å². The summed E-state index contributed by atoms with van der Waals surface area (Å²) in [5.74, 6) is 0.365. The normalized spacial score (nSPS) is 17.6. The first kappa shape index (κ1) is 21.4. The molecule has 0 N–H and O–H groups in total. The van der Waals surface area contributed by atoms with Gasteiger partial charge in [-0.2, -0.15) is 0 Å². The highest BCUT2D eigenvalue weighted by molar-refractivity contribution is 7.00. The number of anilines is 6. The molecule has 0 amide bonds. The summed E-state index contributed by atoms with van der Waals surface area (Å²) in [5, 5.41) is 0. The summed E-state index contributed by atoms with van der Waals surface area (Å²) in [6.45, 7) is -0.0963. The van der Waals surface area contributed by atoms with E-state index in [1.165, 1.54) is 12.0 Å². The SMILES string of the molecule is [2H]c1c([2H])c([2H])c(-c2ccc(N3c4ccccc4B4c5ccccc5N(c5ccc(-c6c([2H])c([2H])c([2H])c([2H])c6[2H])cc5)c5cc(C6CCCCC6)cc3c54)cc2)c([2H])c1[2H]. The lowest BCUT2D eigenvalue weighted by atomic mass is 9.33. The molecule has 2 heterocycles. The van der Waals surface area contributed by atoms with Crippen molar-refractivity contribution in [3.63, 3.8) is 0 Å². The lowest BCUT2D eigenvalue weighted by molar-refractivity contribution is 0.444. The molecule has 10 rings (SSSR count). The summed E-state index contributed by atoms with van der Waals surface area (Å²) in [7, 11) is 0. The van der Waals surface area contributed by atoms with E-state index < -0.39 is 12.1 Å². The highest BCUT2D eigenvalue weighted by Gasteiger charge is 2.43. The highest BCUT2D eigenvalue weighted by atomic mass is 15.2. The fourth-order valence-electron chi connectivity index (χ4n) is 8.49. The molecule has 0 aromatic heterocycles. The van der Waals surface area contributed by atoms with Gasteiger partial charge < -0.3 is 9.80 Å². The lowest BCUT2D eigenvalue weighted by Crippen LogP contribution is -2.61. The Hall–Kier alpha value is -5.80. The predicted molar refractivity (Wildman–Crippen MR) is 217 cm³/mol. The van der Waals surface area contributed by atoms with Gasteiger partial charge in [-0.3, -0.25) is 0 Å². The van der Waals surface area contributed by atoms with Crippen LogP contribution >= 0.6 is 0 Å². The molecular formula is C48H39BN2. The third kappa shape index (κ3) is 5.10. The summed E-state index contributed by atoms with van der Waals surface area (Å²) in [5.41, 5.74) is 12.0. The van der Waals surface area contributed by atoms with E-state index in [1.807, 2.05) is 48.5 Å². The Bertz CT molecular complexity index is 2690. The Kier molecular flexibility index (Phi) is 5.26. The minimum Gasteiger partial charge on any atom is -0.311 e. The van der Waals surface area contributed by atoms with Gasteiger partial charge in [0.05, 0.1) is 13.7 Å². The highest BCUT2D eigenvalue weighted by Crippen LogP contribution is 2.47. The molecule has 0 radical (unpaired) electrons. The zero-order valence-electron chi connectivity index (χ0n) is 38.0. The second-order valence-electron chi connectivity index (χ2n) is 13.6. The third-order valence-electron chi connectivity index (χ3n) is 10.8. The summed E-state index contributed by atoms with van der Waals surface area (Å²) in [4.78, 5) is 4.60. The van der Waals surface area contributed by atoms with Crippen LogP contribution in [0.3, 0.4) is 0 Å². The first-order chi connectivity index (χ1) is 29.5. The number of para-hydroxylation sites is 2. The van der Waals surface area contributed by atoms with Gasteiger partial charge in [0, 0.05) is 34.1 Å². The fourth-order valence-corrected chi connectivity index (χ4v) is 8.49. The number of hydrogen-bond donors (Lipinski definition) is 0. The van der Waals surface area contributed by atoms with Crippen molar-refractivity contribution in [2.75, 3.05) is 9.80 Å². The maximum Gasteiger partial charge on any atom is 0.252 e. The Morgan fingerprint density at radius 2 is 0.922 bits per heavy atom. The monoisotopic (exact) mass is 664 g/mol. The molecule has 2 aliphatic heterocycles. The molecule has 0 bridgehead atoms. The van der Waals surface area contributed by atoms with E-state index in [0.29, 0.717) is 17.0 Å². The van der Waals surface area contributed by atoms with Gasteiger partial charge in [0.25, 0.3) is 6.71 Å². The van der Waals surface area contributed by atoms with Gasteiger partial charge in [0.2, 0.25) is 0 Å². The molecule has 1 fully saturated rings. The van der Waals surface area contributed by atoms with Crippen LogP contribution in [0.15, 0.2) is 170 Å². The van der Waals surface area contributed by atoms with E-state index in [0.717, 1.165) is 76.2 Å². The molecule has 7 aromatic rings. The molecule has 1 saturated carbocycles. The van der Waals surface area contributed by atoms with Crippen LogP contribution in [0.25, 0.3) is 22.3 Å². The average Bonchev–Trinajstić information content (AvgIpc) is 3.29. The van der Waals surface area contributed by atoms with Gasteiger partial charge in [0.1, 0.15) is 0 Å². The molecule has 51 heavy (non-hydrogen) atoms. The smallest absolute Gasteiger partial charge is 0.252 e. The molecule has 3 heteroatoms. The third-order valence-corrected chi connectivity index (χ3v) is 10.8. The minimum absolute atomic E-state index is 0.0963. The number of nitrogens with zero attached hydrogens (tertiary/aromatic N) is 2. The summed E-state index contributed by atoms with van der Waals surface area (Å²) >= 11 is 0. The van der Waals surface area contributed by atoms with Crippen molar-refractivity contribution in [1.82, 2.24) is 0 Å². The van der Waals surface area contributed by atoms with E-state index in [2.05, 4.69) is 70.5 Å². The summed E-state index contributed by atoms with van der Waals surface area (Å²) in [6, 6.07) is 33.7. The van der Waals surface area contributed by atoms with Crippen LogP contribution in [0.2, 0.25) is 0 Å². The maximum absolute atomic E-state index is 8.63. The van der Waals surface area contributed by atoms with Crippen LogP contribution < -0.4 is 26.2 Å². The number of hydrogen-bond acceptors (Lipinski definition) is 2. The largest absolute Gasteiger partial charge is 0.311 e. The minimum atomic E-state index is -0.418. The first-order valence-corrected chi connectivity index (χ1v) is 17.8. The maximum atomic E-state index is 8.63. The number of benzene rings is 7. The van der Waals surface area contributed by atoms with Gasteiger partial charge in [-0.1, -0.05) is 140 Å². The van der Waals surface area contributed by atoms with Crippen molar-refractivity contribution in [2.24, 2.45) is 0 Å². The molecular weight excluding hydrogens is 615 g/mol. The zero-order valence-corrected chi connectivity index (χ0v) is 28.0. The molecule has 0 atom stereocenters. The second-order valence-corrected chi connectivity index (χ2v) is 13.6.